The van der Waals surface area contributed by atoms with Crippen LogP contribution in [-0.2, 0) is 4.74 Å². The zero-order valence-electron chi connectivity index (χ0n) is 8.27. The molecule has 0 radical (unpaired) electrons. The van der Waals surface area contributed by atoms with Gasteiger partial charge in [-0.05, 0) is 12.1 Å². The number of esters is 1. The smallest absolute Gasteiger partial charge is 0.465 e. The van der Waals surface area contributed by atoms with Gasteiger partial charge in [0.2, 0.25) is 0 Å². The number of carbonyl (C=O) groups excluding carboxylic acids is 1. The van der Waals surface area contributed by atoms with E-state index in [1.54, 1.807) is 0 Å². The number of rotatable bonds is 2. The van der Waals surface area contributed by atoms with Gasteiger partial charge < -0.3 is 9.47 Å². The van der Waals surface area contributed by atoms with Crippen LogP contribution in [0.5, 0.6) is 5.75 Å². The molecule has 0 fully saturated rings. The number of hydrogen-bond donors (Lipinski definition) is 0. The lowest BCUT2D eigenvalue weighted by molar-refractivity contribution is -0.274. The van der Waals surface area contributed by atoms with Crippen LogP contribution in [0, 0.1) is 11.6 Å². The fourth-order valence-electron chi connectivity index (χ4n) is 1.03. The van der Waals surface area contributed by atoms with Crippen molar-refractivity contribution in [1.82, 2.24) is 0 Å². The van der Waals surface area contributed by atoms with E-state index in [2.05, 4.69) is 9.47 Å². The molecule has 0 atom stereocenters. The summed E-state index contributed by atoms with van der Waals surface area (Å²) in [7, 11) is 0.810. The highest BCUT2D eigenvalue weighted by Crippen LogP contribution is 2.29. The van der Waals surface area contributed by atoms with Crippen molar-refractivity contribution in [3.63, 3.8) is 0 Å². The second kappa shape index (κ2) is 4.56. The number of halogens is 5. The van der Waals surface area contributed by atoms with Gasteiger partial charge >= 0.3 is 12.3 Å². The Labute approximate surface area is 91.7 Å². The van der Waals surface area contributed by atoms with Crippen molar-refractivity contribution in [3.05, 3.63) is 29.3 Å². The number of benzene rings is 1. The second-order valence-electron chi connectivity index (χ2n) is 2.77. The molecule has 17 heavy (non-hydrogen) atoms. The molecule has 0 aromatic heterocycles. The molecule has 0 saturated carbocycles. The van der Waals surface area contributed by atoms with E-state index in [1.807, 2.05) is 0 Å². The summed E-state index contributed by atoms with van der Waals surface area (Å²) in [5.41, 5.74) is -1.25. The number of ether oxygens (including phenoxy) is 2. The molecule has 8 heteroatoms. The molecule has 94 valence electrons. The van der Waals surface area contributed by atoms with Crippen molar-refractivity contribution in [1.29, 1.82) is 0 Å². The molecule has 0 aliphatic rings. The standard InChI is InChI=1S/C9H5F5O3/c1-16-8(15)6-5(17-9(12,13)14)3-2-4(10)7(6)11/h2-3H,1H3. The third-order valence-corrected chi connectivity index (χ3v) is 1.67. The summed E-state index contributed by atoms with van der Waals surface area (Å²) in [5.74, 6) is -5.89. The van der Waals surface area contributed by atoms with E-state index in [-0.39, 0.29) is 0 Å². The van der Waals surface area contributed by atoms with Crippen LogP contribution in [-0.4, -0.2) is 19.4 Å². The minimum absolute atomic E-state index is 0.406. The molecule has 0 heterocycles. The summed E-state index contributed by atoms with van der Waals surface area (Å²) in [6.45, 7) is 0. The summed E-state index contributed by atoms with van der Waals surface area (Å²) in [4.78, 5) is 11.0. The molecular weight excluding hydrogens is 251 g/mol. The predicted molar refractivity (Wildman–Crippen MR) is 44.4 cm³/mol. The van der Waals surface area contributed by atoms with Crippen molar-refractivity contribution >= 4 is 5.97 Å². The Morgan fingerprint density at radius 1 is 1.24 bits per heavy atom. The molecule has 0 unspecified atom stereocenters. The summed E-state index contributed by atoms with van der Waals surface area (Å²) in [6, 6.07) is 0.890. The summed E-state index contributed by atoms with van der Waals surface area (Å²) in [6.07, 6.45) is -5.13. The maximum atomic E-state index is 13.2. The minimum atomic E-state index is -5.13. The third-order valence-electron chi connectivity index (χ3n) is 1.67. The van der Waals surface area contributed by atoms with Gasteiger partial charge in [0.25, 0.3) is 0 Å². The fourth-order valence-corrected chi connectivity index (χ4v) is 1.03. The lowest BCUT2D eigenvalue weighted by atomic mass is 10.2. The molecule has 3 nitrogen and oxygen atoms in total. The molecule has 0 saturated heterocycles. The maximum absolute atomic E-state index is 13.2. The normalized spacial score (nSPS) is 11.2. The molecule has 0 aliphatic heterocycles. The average Bonchev–Trinajstić information content (AvgIpc) is 2.21. The zero-order valence-corrected chi connectivity index (χ0v) is 8.27. The largest absolute Gasteiger partial charge is 0.573 e. The molecule has 1 aromatic carbocycles. The first-order valence-electron chi connectivity index (χ1n) is 4.08. The Hall–Kier alpha value is -1.86. The monoisotopic (exact) mass is 256 g/mol. The highest BCUT2D eigenvalue weighted by atomic mass is 19.4. The van der Waals surface area contributed by atoms with E-state index in [0.717, 1.165) is 7.11 Å². The van der Waals surface area contributed by atoms with E-state index in [0.29, 0.717) is 12.1 Å². The van der Waals surface area contributed by atoms with Crippen LogP contribution in [0.2, 0.25) is 0 Å². The minimum Gasteiger partial charge on any atom is -0.465 e. The number of alkyl halides is 3. The van der Waals surface area contributed by atoms with Crippen LogP contribution in [0.25, 0.3) is 0 Å². The molecule has 0 spiro atoms. The van der Waals surface area contributed by atoms with Crippen LogP contribution >= 0.6 is 0 Å². The lowest BCUT2D eigenvalue weighted by Crippen LogP contribution is -2.20. The maximum Gasteiger partial charge on any atom is 0.573 e. The highest BCUT2D eigenvalue weighted by Gasteiger charge is 2.34. The van der Waals surface area contributed by atoms with Crippen molar-refractivity contribution in [2.24, 2.45) is 0 Å². The van der Waals surface area contributed by atoms with E-state index < -0.39 is 35.3 Å². The molecule has 1 rings (SSSR count). The van der Waals surface area contributed by atoms with Crippen LogP contribution < -0.4 is 4.74 Å². The van der Waals surface area contributed by atoms with Gasteiger partial charge in [-0.2, -0.15) is 0 Å². The van der Waals surface area contributed by atoms with E-state index >= 15 is 0 Å². The van der Waals surface area contributed by atoms with Crippen LogP contribution in [0.4, 0.5) is 22.0 Å². The Morgan fingerprint density at radius 2 is 1.82 bits per heavy atom. The molecule has 0 amide bonds. The summed E-state index contributed by atoms with van der Waals surface area (Å²) < 4.78 is 69.1. The Balaban J connectivity index is 3.30. The van der Waals surface area contributed by atoms with Crippen LogP contribution in [0.3, 0.4) is 0 Å². The first kappa shape index (κ1) is 13.2. The van der Waals surface area contributed by atoms with Gasteiger partial charge in [0.15, 0.2) is 11.6 Å². The Morgan fingerprint density at radius 3 is 2.29 bits per heavy atom. The van der Waals surface area contributed by atoms with E-state index in [4.69, 9.17) is 0 Å². The second-order valence-corrected chi connectivity index (χ2v) is 2.77. The van der Waals surface area contributed by atoms with Crippen molar-refractivity contribution in [3.8, 4) is 5.75 Å². The van der Waals surface area contributed by atoms with Gasteiger partial charge in [-0.15, -0.1) is 13.2 Å². The van der Waals surface area contributed by atoms with Gasteiger partial charge in [-0.3, -0.25) is 0 Å². The number of hydrogen-bond acceptors (Lipinski definition) is 3. The molecule has 1 aromatic rings. The van der Waals surface area contributed by atoms with E-state index in [9.17, 15) is 26.7 Å². The first-order valence-corrected chi connectivity index (χ1v) is 4.08. The van der Waals surface area contributed by atoms with Gasteiger partial charge in [-0.1, -0.05) is 0 Å². The Kier molecular flexibility index (Phi) is 3.54. The molecule has 0 bridgehead atoms. The number of methoxy groups -OCH3 is 1. The van der Waals surface area contributed by atoms with Gasteiger partial charge in [0.1, 0.15) is 11.3 Å². The van der Waals surface area contributed by atoms with E-state index in [1.165, 1.54) is 0 Å². The first-order chi connectivity index (χ1) is 7.76. The molecule has 0 N–H and O–H groups in total. The van der Waals surface area contributed by atoms with Gasteiger partial charge in [-0.25, -0.2) is 13.6 Å². The predicted octanol–water partition coefficient (Wildman–Crippen LogP) is 2.65. The van der Waals surface area contributed by atoms with Gasteiger partial charge in [0.05, 0.1) is 7.11 Å². The fraction of sp³-hybridized carbons (Fsp3) is 0.222. The quantitative estimate of drug-likeness (QED) is 0.602. The third kappa shape index (κ3) is 3.05. The molecule has 0 aliphatic carbocycles. The topological polar surface area (TPSA) is 35.5 Å². The Bertz CT molecular complexity index is 441. The van der Waals surface area contributed by atoms with Crippen molar-refractivity contribution in [2.75, 3.05) is 7.11 Å². The SMILES string of the molecule is COC(=O)c1c(OC(F)(F)F)ccc(F)c1F. The van der Waals surface area contributed by atoms with Crippen LogP contribution in [0.1, 0.15) is 10.4 Å². The summed E-state index contributed by atoms with van der Waals surface area (Å²) >= 11 is 0. The van der Waals surface area contributed by atoms with Crippen molar-refractivity contribution < 1.29 is 36.2 Å². The van der Waals surface area contributed by atoms with Gasteiger partial charge in [0, 0.05) is 0 Å². The van der Waals surface area contributed by atoms with Crippen LogP contribution in [0.15, 0.2) is 12.1 Å². The average molecular weight is 256 g/mol. The molecular formula is C9H5F5O3. The summed E-state index contributed by atoms with van der Waals surface area (Å²) in [5, 5.41) is 0. The number of carbonyl (C=O) groups is 1. The lowest BCUT2D eigenvalue weighted by Gasteiger charge is -2.12. The van der Waals surface area contributed by atoms with Crippen molar-refractivity contribution in [2.45, 2.75) is 6.36 Å². The zero-order chi connectivity index (χ0) is 13.2. The highest BCUT2D eigenvalue weighted by molar-refractivity contribution is 5.92.